The number of nitrogens with one attached hydrogen (secondary N) is 1. The van der Waals surface area contributed by atoms with Crippen LogP contribution in [0.1, 0.15) is 24.2 Å². The van der Waals surface area contributed by atoms with E-state index >= 15 is 0 Å². The van der Waals surface area contributed by atoms with Gasteiger partial charge in [0, 0.05) is 5.56 Å². The molecule has 0 aliphatic heterocycles. The number of benzene rings is 1. The number of methoxy groups -OCH3 is 1. The fourth-order valence-corrected chi connectivity index (χ4v) is 2.19. The van der Waals surface area contributed by atoms with Gasteiger partial charge in [0.1, 0.15) is 5.82 Å². The molecule has 0 aliphatic carbocycles. The van der Waals surface area contributed by atoms with E-state index in [0.717, 1.165) is 0 Å². The van der Waals surface area contributed by atoms with Crippen molar-refractivity contribution in [3.8, 4) is 11.5 Å². The van der Waals surface area contributed by atoms with Gasteiger partial charge in [-0.15, -0.1) is 12.4 Å². The monoisotopic (exact) mass is 385 g/mol. The van der Waals surface area contributed by atoms with Crippen molar-refractivity contribution >= 4 is 41.4 Å². The standard InChI is InChI=1S/C17H20ClN3O3.ClH/c1-10(2)9-24-16-13(18)6-11(7-14(16)23-3)17(22)21-12-4-5-15(19)20-8-12;/h4-8,10H,9H2,1-3H3,(H2,19,20)(H,21,22);1H. The van der Waals surface area contributed by atoms with Crippen LogP contribution in [0, 0.1) is 5.92 Å². The van der Waals surface area contributed by atoms with Gasteiger partial charge < -0.3 is 20.5 Å². The Morgan fingerprint density at radius 2 is 2.08 bits per heavy atom. The van der Waals surface area contributed by atoms with Gasteiger partial charge in [-0.25, -0.2) is 4.98 Å². The van der Waals surface area contributed by atoms with Crippen molar-refractivity contribution in [3.05, 3.63) is 41.0 Å². The number of hydrogen-bond donors (Lipinski definition) is 2. The lowest BCUT2D eigenvalue weighted by molar-refractivity contribution is 0.102. The smallest absolute Gasteiger partial charge is 0.255 e. The molecule has 1 aromatic carbocycles. The number of ether oxygens (including phenoxy) is 2. The molecule has 8 heteroatoms. The van der Waals surface area contributed by atoms with Crippen LogP contribution in [0.3, 0.4) is 0 Å². The third-order valence-corrected chi connectivity index (χ3v) is 3.38. The van der Waals surface area contributed by atoms with E-state index in [-0.39, 0.29) is 18.3 Å². The Kier molecular flexibility index (Phi) is 7.80. The SMILES string of the molecule is COc1cc(C(=O)Nc2ccc(N)nc2)cc(Cl)c1OCC(C)C.Cl. The number of carbonyl (C=O) groups is 1. The van der Waals surface area contributed by atoms with Crippen LogP contribution >= 0.6 is 24.0 Å². The van der Waals surface area contributed by atoms with Crippen LogP contribution in [-0.2, 0) is 0 Å². The summed E-state index contributed by atoms with van der Waals surface area (Å²) in [6, 6.07) is 6.40. The highest BCUT2D eigenvalue weighted by Crippen LogP contribution is 2.36. The summed E-state index contributed by atoms with van der Waals surface area (Å²) in [4.78, 5) is 16.3. The molecule has 6 nitrogen and oxygen atoms in total. The molecule has 2 aromatic rings. The highest BCUT2D eigenvalue weighted by Gasteiger charge is 2.16. The molecule has 3 N–H and O–H groups in total. The average Bonchev–Trinajstić information content (AvgIpc) is 2.54. The number of anilines is 2. The number of nitrogens with zero attached hydrogens (tertiary/aromatic N) is 1. The van der Waals surface area contributed by atoms with Crippen molar-refractivity contribution < 1.29 is 14.3 Å². The minimum atomic E-state index is -0.336. The maximum atomic E-state index is 12.4. The van der Waals surface area contributed by atoms with Crippen molar-refractivity contribution in [1.29, 1.82) is 0 Å². The van der Waals surface area contributed by atoms with Crippen LogP contribution in [-0.4, -0.2) is 24.6 Å². The number of nitrogens with two attached hydrogens (primary N) is 1. The number of rotatable bonds is 6. The molecule has 2 rings (SSSR count). The summed E-state index contributed by atoms with van der Waals surface area (Å²) in [6.45, 7) is 4.56. The zero-order chi connectivity index (χ0) is 17.7. The number of aromatic nitrogens is 1. The Morgan fingerprint density at radius 1 is 1.36 bits per heavy atom. The van der Waals surface area contributed by atoms with E-state index < -0.39 is 0 Å². The van der Waals surface area contributed by atoms with Crippen LogP contribution in [0.15, 0.2) is 30.5 Å². The summed E-state index contributed by atoms with van der Waals surface area (Å²) < 4.78 is 11.0. The zero-order valence-corrected chi connectivity index (χ0v) is 15.8. The summed E-state index contributed by atoms with van der Waals surface area (Å²) in [5.74, 6) is 1.22. The van der Waals surface area contributed by atoms with E-state index in [4.69, 9.17) is 26.8 Å². The van der Waals surface area contributed by atoms with E-state index in [0.29, 0.717) is 46.1 Å². The topological polar surface area (TPSA) is 86.5 Å². The van der Waals surface area contributed by atoms with Gasteiger partial charge in [-0.1, -0.05) is 25.4 Å². The molecule has 0 spiro atoms. The number of nitrogen functional groups attached to an aromatic ring is 1. The molecule has 0 atom stereocenters. The van der Waals surface area contributed by atoms with Crippen LogP contribution in [0.2, 0.25) is 5.02 Å². The van der Waals surface area contributed by atoms with E-state index in [1.165, 1.54) is 13.3 Å². The van der Waals surface area contributed by atoms with Crippen molar-refractivity contribution in [2.24, 2.45) is 5.92 Å². The summed E-state index contributed by atoms with van der Waals surface area (Å²) in [7, 11) is 1.50. The maximum absolute atomic E-state index is 12.4. The summed E-state index contributed by atoms with van der Waals surface area (Å²) in [5, 5.41) is 3.04. The van der Waals surface area contributed by atoms with Crippen molar-refractivity contribution in [2.45, 2.75) is 13.8 Å². The van der Waals surface area contributed by atoms with Gasteiger partial charge >= 0.3 is 0 Å². The number of carbonyl (C=O) groups excluding carboxylic acids is 1. The first-order valence-electron chi connectivity index (χ1n) is 7.44. The van der Waals surface area contributed by atoms with Gasteiger partial charge in [0.2, 0.25) is 0 Å². The van der Waals surface area contributed by atoms with Gasteiger partial charge in [-0.05, 0) is 30.2 Å². The predicted octanol–water partition coefficient (Wildman–Crippen LogP) is 4.03. The summed E-state index contributed by atoms with van der Waals surface area (Å²) >= 11 is 6.25. The Balaban J connectivity index is 0.00000312. The third-order valence-electron chi connectivity index (χ3n) is 3.10. The lowest BCUT2D eigenvalue weighted by Gasteiger charge is -2.15. The molecule has 136 valence electrons. The average molecular weight is 386 g/mol. The molecule has 1 heterocycles. The van der Waals surface area contributed by atoms with Crippen LogP contribution in [0.5, 0.6) is 11.5 Å². The van der Waals surface area contributed by atoms with E-state index in [9.17, 15) is 4.79 Å². The molecule has 0 fully saturated rings. The molecule has 0 radical (unpaired) electrons. The van der Waals surface area contributed by atoms with Crippen molar-refractivity contribution in [2.75, 3.05) is 24.8 Å². The minimum Gasteiger partial charge on any atom is -0.493 e. The molecule has 0 saturated heterocycles. The Bertz CT molecular complexity index is 722. The van der Waals surface area contributed by atoms with Gasteiger partial charge in [-0.3, -0.25) is 4.79 Å². The second kappa shape index (κ2) is 9.34. The van der Waals surface area contributed by atoms with Crippen molar-refractivity contribution in [1.82, 2.24) is 4.98 Å². The molecule has 25 heavy (non-hydrogen) atoms. The van der Waals surface area contributed by atoms with Gasteiger partial charge in [0.25, 0.3) is 5.91 Å². The predicted molar refractivity (Wildman–Crippen MR) is 102 cm³/mol. The van der Waals surface area contributed by atoms with Gasteiger partial charge in [0.05, 0.1) is 30.6 Å². The van der Waals surface area contributed by atoms with Gasteiger partial charge in [0.15, 0.2) is 11.5 Å². The quantitative estimate of drug-likeness (QED) is 0.783. The van der Waals surface area contributed by atoms with Crippen molar-refractivity contribution in [3.63, 3.8) is 0 Å². The highest BCUT2D eigenvalue weighted by atomic mass is 35.5. The minimum absolute atomic E-state index is 0. The molecule has 1 aromatic heterocycles. The highest BCUT2D eigenvalue weighted by molar-refractivity contribution is 6.32. The van der Waals surface area contributed by atoms with Crippen LogP contribution < -0.4 is 20.5 Å². The molecular formula is C17H21Cl2N3O3. The molecule has 0 saturated carbocycles. The zero-order valence-electron chi connectivity index (χ0n) is 14.2. The largest absolute Gasteiger partial charge is 0.493 e. The Labute approximate surface area is 158 Å². The summed E-state index contributed by atoms with van der Waals surface area (Å²) in [6.07, 6.45) is 1.48. The molecule has 1 amide bonds. The van der Waals surface area contributed by atoms with Crippen LogP contribution in [0.25, 0.3) is 0 Å². The molecular weight excluding hydrogens is 365 g/mol. The lowest BCUT2D eigenvalue weighted by atomic mass is 10.1. The first kappa shape index (κ1) is 20.9. The first-order valence-corrected chi connectivity index (χ1v) is 7.81. The lowest BCUT2D eigenvalue weighted by Crippen LogP contribution is -2.13. The first-order chi connectivity index (χ1) is 11.4. The fraction of sp³-hybridized carbons (Fsp3) is 0.294. The second-order valence-corrected chi connectivity index (χ2v) is 6.03. The number of hydrogen-bond acceptors (Lipinski definition) is 5. The van der Waals surface area contributed by atoms with E-state index in [2.05, 4.69) is 10.3 Å². The maximum Gasteiger partial charge on any atom is 0.255 e. The van der Waals surface area contributed by atoms with Gasteiger partial charge in [-0.2, -0.15) is 0 Å². The molecule has 0 aliphatic rings. The number of amides is 1. The Morgan fingerprint density at radius 3 is 2.64 bits per heavy atom. The molecule has 0 bridgehead atoms. The summed E-state index contributed by atoms with van der Waals surface area (Å²) in [5.41, 5.74) is 6.41. The third kappa shape index (κ3) is 5.69. The van der Waals surface area contributed by atoms with Crippen LogP contribution in [0.4, 0.5) is 11.5 Å². The number of pyridine rings is 1. The number of halogens is 2. The van der Waals surface area contributed by atoms with E-state index in [1.54, 1.807) is 24.3 Å². The molecule has 0 unspecified atom stereocenters. The normalized spacial score (nSPS) is 10.1. The van der Waals surface area contributed by atoms with E-state index in [1.807, 2.05) is 13.8 Å². The fourth-order valence-electron chi connectivity index (χ4n) is 1.92. The Hall–Kier alpha value is -2.18. The second-order valence-electron chi connectivity index (χ2n) is 5.62.